The predicted octanol–water partition coefficient (Wildman–Crippen LogP) is 2.94. The van der Waals surface area contributed by atoms with Gasteiger partial charge < -0.3 is 4.74 Å². The Hall–Kier alpha value is -0.300. The van der Waals surface area contributed by atoms with Crippen LogP contribution in [0.25, 0.3) is 10.9 Å². The molecule has 0 spiro atoms. The van der Waals surface area contributed by atoms with E-state index in [9.17, 15) is 0 Å². The van der Waals surface area contributed by atoms with Gasteiger partial charge in [-0.2, -0.15) is 5.10 Å². The van der Waals surface area contributed by atoms with Crippen LogP contribution in [0.4, 0.5) is 0 Å². The molecule has 1 N–H and O–H groups in total. The number of hydrogen-bond acceptors (Lipinski definition) is 2. The van der Waals surface area contributed by atoms with Crippen LogP contribution in [0.3, 0.4) is 0 Å². The van der Waals surface area contributed by atoms with Gasteiger partial charge in [-0.05, 0) is 34.7 Å². The van der Waals surface area contributed by atoms with Gasteiger partial charge in [-0.1, -0.05) is 22.0 Å². The Morgan fingerprint density at radius 2 is 2.36 bits per heavy atom. The number of benzene rings is 1. The first-order chi connectivity index (χ1) is 6.83. The van der Waals surface area contributed by atoms with Crippen molar-refractivity contribution in [1.29, 1.82) is 0 Å². The normalized spacial score (nSPS) is 10.7. The van der Waals surface area contributed by atoms with Gasteiger partial charge in [0.15, 0.2) is 0 Å². The van der Waals surface area contributed by atoms with Gasteiger partial charge in [-0.3, -0.25) is 5.10 Å². The molecule has 0 aliphatic carbocycles. The highest BCUT2D eigenvalue weighted by Crippen LogP contribution is 2.26. The molecule has 1 heterocycles. The van der Waals surface area contributed by atoms with Crippen molar-refractivity contribution in [1.82, 2.24) is 10.2 Å². The fraction of sp³-hybridized carbons (Fsp3) is 0.222. The Bertz CT molecular complexity index is 443. The highest BCUT2D eigenvalue weighted by Gasteiger charge is 2.06. The zero-order valence-electron chi connectivity index (χ0n) is 7.26. The van der Waals surface area contributed by atoms with E-state index in [4.69, 9.17) is 4.74 Å². The number of halogens is 2. The number of fused-ring (bicyclic) bond motifs is 1. The molecule has 0 radical (unpaired) electrons. The molecule has 0 bridgehead atoms. The fourth-order valence-corrected chi connectivity index (χ4v) is 1.98. The monoisotopic (exact) mass is 366 g/mol. The van der Waals surface area contributed by atoms with Crippen LogP contribution >= 0.6 is 38.5 Å². The molecule has 2 aromatic rings. The first-order valence-corrected chi connectivity index (χ1v) is 6.34. The lowest BCUT2D eigenvalue weighted by molar-refractivity contribution is 0.348. The Balaban J connectivity index is 2.44. The molecule has 74 valence electrons. The van der Waals surface area contributed by atoms with Crippen molar-refractivity contribution >= 4 is 49.4 Å². The number of nitrogens with one attached hydrogen (secondary N) is 1. The third kappa shape index (κ3) is 1.88. The van der Waals surface area contributed by atoms with E-state index in [0.717, 1.165) is 25.7 Å². The Morgan fingerprint density at radius 3 is 3.14 bits per heavy atom. The second-order valence-electron chi connectivity index (χ2n) is 2.73. The van der Waals surface area contributed by atoms with Crippen LogP contribution in [0.15, 0.2) is 18.2 Å². The van der Waals surface area contributed by atoms with E-state index >= 15 is 0 Å². The summed E-state index contributed by atoms with van der Waals surface area (Å²) in [6.45, 7) is 0.661. The molecule has 0 aliphatic rings. The van der Waals surface area contributed by atoms with Gasteiger partial charge in [-0.15, -0.1) is 0 Å². The number of aromatic amines is 1. The standard InChI is InChI=1S/C9H8BrIN2O/c10-4-5-14-7-3-1-2-6-8(7)12-13-9(6)11/h1-3H,4-5H2,(H,12,13). The zero-order valence-corrected chi connectivity index (χ0v) is 11.0. The number of H-pyrrole nitrogens is 1. The van der Waals surface area contributed by atoms with E-state index in [1.54, 1.807) is 0 Å². The molecule has 0 atom stereocenters. The molecular formula is C9H8BrIN2O. The van der Waals surface area contributed by atoms with Crippen molar-refractivity contribution in [3.63, 3.8) is 0 Å². The number of ether oxygens (including phenoxy) is 1. The number of nitrogens with zero attached hydrogens (tertiary/aromatic N) is 1. The summed E-state index contributed by atoms with van der Waals surface area (Å²) in [6.07, 6.45) is 0. The van der Waals surface area contributed by atoms with Crippen LogP contribution in [-0.4, -0.2) is 22.1 Å². The third-order valence-corrected chi connectivity index (χ3v) is 3.00. The van der Waals surface area contributed by atoms with E-state index in [0.29, 0.717) is 6.61 Å². The van der Waals surface area contributed by atoms with E-state index in [1.807, 2.05) is 18.2 Å². The van der Waals surface area contributed by atoms with Gasteiger partial charge in [0, 0.05) is 10.7 Å². The molecule has 14 heavy (non-hydrogen) atoms. The second kappa shape index (κ2) is 4.48. The molecule has 0 saturated heterocycles. The minimum absolute atomic E-state index is 0.661. The summed E-state index contributed by atoms with van der Waals surface area (Å²) in [5, 5.41) is 9.04. The average Bonchev–Trinajstić information content (AvgIpc) is 2.58. The quantitative estimate of drug-likeness (QED) is 0.670. The maximum absolute atomic E-state index is 5.56. The molecule has 0 fully saturated rings. The fourth-order valence-electron chi connectivity index (χ4n) is 1.25. The first kappa shape index (κ1) is 10.2. The molecule has 1 aromatic heterocycles. The van der Waals surface area contributed by atoms with Crippen molar-refractivity contribution in [2.45, 2.75) is 0 Å². The third-order valence-electron chi connectivity index (χ3n) is 1.85. The van der Waals surface area contributed by atoms with Crippen LogP contribution in [-0.2, 0) is 0 Å². The summed E-state index contributed by atoms with van der Waals surface area (Å²) in [6, 6.07) is 5.95. The van der Waals surface area contributed by atoms with E-state index in [1.165, 1.54) is 0 Å². The van der Waals surface area contributed by atoms with Gasteiger partial charge in [0.25, 0.3) is 0 Å². The van der Waals surface area contributed by atoms with Crippen molar-refractivity contribution in [2.75, 3.05) is 11.9 Å². The maximum Gasteiger partial charge on any atom is 0.145 e. The van der Waals surface area contributed by atoms with Gasteiger partial charge in [0.2, 0.25) is 0 Å². The van der Waals surface area contributed by atoms with Crippen molar-refractivity contribution in [3.8, 4) is 5.75 Å². The van der Waals surface area contributed by atoms with Crippen molar-refractivity contribution in [2.24, 2.45) is 0 Å². The molecule has 2 rings (SSSR count). The van der Waals surface area contributed by atoms with Gasteiger partial charge >= 0.3 is 0 Å². The molecule has 0 saturated carbocycles. The average molecular weight is 367 g/mol. The van der Waals surface area contributed by atoms with Gasteiger partial charge in [-0.25, -0.2) is 0 Å². The Labute approximate surface area is 103 Å². The molecule has 0 amide bonds. The number of rotatable bonds is 3. The summed E-state index contributed by atoms with van der Waals surface area (Å²) >= 11 is 5.52. The number of hydrogen-bond donors (Lipinski definition) is 1. The van der Waals surface area contributed by atoms with Crippen molar-refractivity contribution < 1.29 is 4.74 Å². The van der Waals surface area contributed by atoms with Gasteiger partial charge in [0.05, 0.1) is 6.61 Å². The topological polar surface area (TPSA) is 37.9 Å². The number of para-hydroxylation sites is 1. The SMILES string of the molecule is BrCCOc1cccc2c(I)n[nH]c12. The van der Waals surface area contributed by atoms with Crippen LogP contribution in [0.1, 0.15) is 0 Å². The molecular weight excluding hydrogens is 359 g/mol. The second-order valence-corrected chi connectivity index (χ2v) is 4.55. The first-order valence-electron chi connectivity index (χ1n) is 4.14. The summed E-state index contributed by atoms with van der Waals surface area (Å²) in [5.74, 6) is 0.859. The smallest absolute Gasteiger partial charge is 0.145 e. The summed E-state index contributed by atoms with van der Waals surface area (Å²) in [7, 11) is 0. The van der Waals surface area contributed by atoms with Crippen LogP contribution in [0, 0.1) is 3.70 Å². The summed E-state index contributed by atoms with van der Waals surface area (Å²) in [4.78, 5) is 0. The minimum Gasteiger partial charge on any atom is -0.490 e. The number of alkyl halides is 1. The summed E-state index contributed by atoms with van der Waals surface area (Å²) in [5.41, 5.74) is 0.970. The van der Waals surface area contributed by atoms with E-state index in [2.05, 4.69) is 48.7 Å². The Kier molecular flexibility index (Phi) is 3.27. The molecule has 3 nitrogen and oxygen atoms in total. The summed E-state index contributed by atoms with van der Waals surface area (Å²) < 4.78 is 6.53. The molecule has 1 aromatic carbocycles. The van der Waals surface area contributed by atoms with Gasteiger partial charge in [0.1, 0.15) is 15.0 Å². The predicted molar refractivity (Wildman–Crippen MR) is 68.1 cm³/mol. The highest BCUT2D eigenvalue weighted by atomic mass is 127. The van der Waals surface area contributed by atoms with Crippen LogP contribution in [0.5, 0.6) is 5.75 Å². The van der Waals surface area contributed by atoms with E-state index < -0.39 is 0 Å². The molecule has 5 heteroatoms. The minimum atomic E-state index is 0.661. The Morgan fingerprint density at radius 1 is 1.50 bits per heavy atom. The molecule has 0 aliphatic heterocycles. The van der Waals surface area contributed by atoms with E-state index in [-0.39, 0.29) is 0 Å². The van der Waals surface area contributed by atoms with Crippen molar-refractivity contribution in [3.05, 3.63) is 21.9 Å². The lowest BCUT2D eigenvalue weighted by Gasteiger charge is -2.03. The largest absolute Gasteiger partial charge is 0.490 e. The number of aromatic nitrogens is 2. The molecule has 0 unspecified atom stereocenters. The van der Waals surface area contributed by atoms with Crippen LogP contribution in [0.2, 0.25) is 0 Å². The van der Waals surface area contributed by atoms with Crippen LogP contribution < -0.4 is 4.74 Å². The lowest BCUT2D eigenvalue weighted by atomic mass is 10.2. The highest BCUT2D eigenvalue weighted by molar-refractivity contribution is 14.1. The lowest BCUT2D eigenvalue weighted by Crippen LogP contribution is -1.97. The zero-order chi connectivity index (χ0) is 9.97. The maximum atomic E-state index is 5.56.